The number of fused-ring (bicyclic) bond motifs is 2. The van der Waals surface area contributed by atoms with Crippen molar-refractivity contribution in [2.45, 2.75) is 12.5 Å². The maximum absolute atomic E-state index is 3.73. The van der Waals surface area contributed by atoms with Crippen LogP contribution >= 0.6 is 0 Å². The van der Waals surface area contributed by atoms with E-state index in [1.54, 1.807) is 0 Å². The van der Waals surface area contributed by atoms with Crippen LogP contribution in [0.2, 0.25) is 0 Å². The lowest BCUT2D eigenvalue weighted by molar-refractivity contribution is 0.797. The Morgan fingerprint density at radius 3 is 2.57 bits per heavy atom. The van der Waals surface area contributed by atoms with Crippen molar-refractivity contribution in [2.24, 2.45) is 0 Å². The zero-order valence-corrected chi connectivity index (χ0v) is 12.6. The van der Waals surface area contributed by atoms with Crippen LogP contribution < -0.4 is 5.32 Å². The van der Waals surface area contributed by atoms with E-state index in [0.717, 1.165) is 12.1 Å². The molecule has 4 aromatic rings. The van der Waals surface area contributed by atoms with E-state index in [2.05, 4.69) is 69.9 Å². The molecule has 0 spiro atoms. The fourth-order valence-corrected chi connectivity index (χ4v) is 3.69. The average Bonchev–Trinajstić information content (AvgIpc) is 3.31. The third-order valence-corrected chi connectivity index (χ3v) is 4.74. The molecule has 1 unspecified atom stereocenters. The van der Waals surface area contributed by atoms with Crippen LogP contribution in [0.3, 0.4) is 0 Å². The molecule has 3 heterocycles. The maximum Gasteiger partial charge on any atom is 0.0704 e. The molecule has 0 bridgehead atoms. The SMILES string of the molecule is c1c[nH]c(-c2c3c(cc4ccccc24)CC(c2ccc[nH]2)N3)c1. The second-order valence-corrected chi connectivity index (χ2v) is 6.12. The van der Waals surface area contributed by atoms with E-state index in [1.807, 2.05) is 12.4 Å². The van der Waals surface area contributed by atoms with Gasteiger partial charge in [-0.15, -0.1) is 0 Å². The van der Waals surface area contributed by atoms with Crippen LogP contribution in [-0.4, -0.2) is 9.97 Å². The summed E-state index contributed by atoms with van der Waals surface area (Å²) in [6.45, 7) is 0. The number of anilines is 1. The van der Waals surface area contributed by atoms with Gasteiger partial charge in [-0.05, 0) is 46.7 Å². The molecule has 2 aromatic carbocycles. The van der Waals surface area contributed by atoms with Crippen molar-refractivity contribution < 1.29 is 0 Å². The molecular weight excluding hydrogens is 282 g/mol. The number of aromatic amines is 2. The van der Waals surface area contributed by atoms with Crippen LogP contribution in [-0.2, 0) is 6.42 Å². The molecule has 0 saturated heterocycles. The Morgan fingerprint density at radius 2 is 1.74 bits per heavy atom. The molecule has 0 amide bonds. The van der Waals surface area contributed by atoms with Gasteiger partial charge < -0.3 is 15.3 Å². The minimum Gasteiger partial charge on any atom is -0.376 e. The smallest absolute Gasteiger partial charge is 0.0704 e. The predicted octanol–water partition coefficient (Wildman–Crippen LogP) is 4.87. The van der Waals surface area contributed by atoms with Gasteiger partial charge in [-0.2, -0.15) is 0 Å². The van der Waals surface area contributed by atoms with Crippen molar-refractivity contribution in [3.63, 3.8) is 0 Å². The van der Waals surface area contributed by atoms with Gasteiger partial charge in [-0.3, -0.25) is 0 Å². The Hall–Kier alpha value is -2.94. The highest BCUT2D eigenvalue weighted by atomic mass is 15.0. The highest BCUT2D eigenvalue weighted by Crippen LogP contribution is 2.44. The number of aromatic nitrogens is 2. The summed E-state index contributed by atoms with van der Waals surface area (Å²) in [5.74, 6) is 0. The minimum absolute atomic E-state index is 0.311. The first kappa shape index (κ1) is 12.6. The highest BCUT2D eigenvalue weighted by Gasteiger charge is 2.27. The lowest BCUT2D eigenvalue weighted by Gasteiger charge is -2.14. The maximum atomic E-state index is 3.73. The van der Waals surface area contributed by atoms with Crippen molar-refractivity contribution in [3.05, 3.63) is 78.2 Å². The van der Waals surface area contributed by atoms with E-state index in [1.165, 1.54) is 33.3 Å². The van der Waals surface area contributed by atoms with Crippen LogP contribution in [0.15, 0.2) is 67.0 Å². The van der Waals surface area contributed by atoms with E-state index < -0.39 is 0 Å². The van der Waals surface area contributed by atoms with Gasteiger partial charge in [-0.1, -0.05) is 24.3 Å². The monoisotopic (exact) mass is 299 g/mol. The molecule has 1 aliphatic rings. The van der Waals surface area contributed by atoms with Crippen LogP contribution in [0.1, 0.15) is 17.3 Å². The first-order chi connectivity index (χ1) is 11.4. The van der Waals surface area contributed by atoms with E-state index in [9.17, 15) is 0 Å². The molecule has 3 heteroatoms. The molecule has 0 aliphatic carbocycles. The van der Waals surface area contributed by atoms with Crippen molar-refractivity contribution in [2.75, 3.05) is 5.32 Å². The van der Waals surface area contributed by atoms with Crippen molar-refractivity contribution >= 4 is 16.5 Å². The molecule has 5 rings (SSSR count). The predicted molar refractivity (Wildman–Crippen MR) is 94.6 cm³/mol. The molecule has 1 aliphatic heterocycles. The van der Waals surface area contributed by atoms with Gasteiger partial charge in [0.25, 0.3) is 0 Å². The van der Waals surface area contributed by atoms with Crippen molar-refractivity contribution in [1.29, 1.82) is 0 Å². The number of hydrogen-bond donors (Lipinski definition) is 3. The van der Waals surface area contributed by atoms with Gasteiger partial charge in [0.2, 0.25) is 0 Å². The molecule has 0 fully saturated rings. The van der Waals surface area contributed by atoms with Gasteiger partial charge in [0.05, 0.1) is 6.04 Å². The summed E-state index contributed by atoms with van der Waals surface area (Å²) in [7, 11) is 0. The minimum atomic E-state index is 0.311. The Kier molecular flexibility index (Phi) is 2.62. The third-order valence-electron chi connectivity index (χ3n) is 4.74. The molecule has 2 aromatic heterocycles. The quantitative estimate of drug-likeness (QED) is 0.485. The molecule has 23 heavy (non-hydrogen) atoms. The van der Waals surface area contributed by atoms with Gasteiger partial charge >= 0.3 is 0 Å². The Bertz CT molecular complexity index is 966. The summed E-state index contributed by atoms with van der Waals surface area (Å²) in [6, 6.07) is 19.7. The first-order valence-corrected chi connectivity index (χ1v) is 7.98. The lowest BCUT2D eigenvalue weighted by atomic mass is 9.96. The molecule has 3 nitrogen and oxygen atoms in total. The fraction of sp³-hybridized carbons (Fsp3) is 0.100. The van der Waals surface area contributed by atoms with E-state index in [-0.39, 0.29) is 0 Å². The largest absolute Gasteiger partial charge is 0.376 e. The van der Waals surface area contributed by atoms with Crippen molar-refractivity contribution in [1.82, 2.24) is 9.97 Å². The number of benzene rings is 2. The summed E-state index contributed by atoms with van der Waals surface area (Å²) >= 11 is 0. The molecular formula is C20H17N3. The van der Waals surface area contributed by atoms with Gasteiger partial charge in [0.1, 0.15) is 0 Å². The number of nitrogens with one attached hydrogen (secondary N) is 3. The number of H-pyrrole nitrogens is 2. The molecule has 112 valence electrons. The lowest BCUT2D eigenvalue weighted by Crippen LogP contribution is -2.06. The summed E-state index contributed by atoms with van der Waals surface area (Å²) < 4.78 is 0. The standard InChI is InChI=1S/C20H17N3/c1-2-6-15-13(5-1)11-14-12-18(16-7-3-9-21-16)23-20(14)19(15)17-8-4-10-22-17/h1-11,18,21-23H,12H2. The van der Waals surface area contributed by atoms with Crippen LogP contribution in [0, 0.1) is 0 Å². The zero-order valence-electron chi connectivity index (χ0n) is 12.6. The van der Waals surface area contributed by atoms with Crippen molar-refractivity contribution in [3.8, 4) is 11.3 Å². The summed E-state index contributed by atoms with van der Waals surface area (Å²) in [5, 5.41) is 6.32. The highest BCUT2D eigenvalue weighted by molar-refractivity contribution is 6.04. The van der Waals surface area contributed by atoms with Crippen LogP contribution in [0.4, 0.5) is 5.69 Å². The molecule has 0 saturated carbocycles. The van der Waals surface area contributed by atoms with E-state index in [0.29, 0.717) is 6.04 Å². The Balaban J connectivity index is 1.75. The van der Waals surface area contributed by atoms with E-state index >= 15 is 0 Å². The van der Waals surface area contributed by atoms with Gasteiger partial charge in [0.15, 0.2) is 0 Å². The number of rotatable bonds is 2. The van der Waals surface area contributed by atoms with Gasteiger partial charge in [-0.25, -0.2) is 0 Å². The fourth-order valence-electron chi connectivity index (χ4n) is 3.69. The number of hydrogen-bond acceptors (Lipinski definition) is 1. The topological polar surface area (TPSA) is 43.6 Å². The molecule has 1 atom stereocenters. The summed E-state index contributed by atoms with van der Waals surface area (Å²) in [4.78, 5) is 6.72. The summed E-state index contributed by atoms with van der Waals surface area (Å²) in [5.41, 5.74) is 6.32. The molecule has 3 N–H and O–H groups in total. The second-order valence-electron chi connectivity index (χ2n) is 6.12. The Labute approximate surface area is 134 Å². The molecule has 0 radical (unpaired) electrons. The first-order valence-electron chi connectivity index (χ1n) is 7.98. The average molecular weight is 299 g/mol. The zero-order chi connectivity index (χ0) is 15.2. The van der Waals surface area contributed by atoms with E-state index in [4.69, 9.17) is 0 Å². The Morgan fingerprint density at radius 1 is 0.870 bits per heavy atom. The third kappa shape index (κ3) is 1.90. The van der Waals surface area contributed by atoms with Crippen LogP contribution in [0.25, 0.3) is 22.0 Å². The summed E-state index contributed by atoms with van der Waals surface area (Å²) in [6.07, 6.45) is 4.98. The second kappa shape index (κ2) is 4.78. The normalized spacial score (nSPS) is 16.4. The van der Waals surface area contributed by atoms with Gasteiger partial charge in [0, 0.05) is 41.5 Å². The van der Waals surface area contributed by atoms with Crippen LogP contribution in [0.5, 0.6) is 0 Å².